The normalized spacial score (nSPS) is 11.6. The minimum atomic E-state index is -0.763. The Bertz CT molecular complexity index is 504. The van der Waals surface area contributed by atoms with Crippen LogP contribution < -0.4 is 10.8 Å². The molecule has 0 saturated carbocycles. The average molecular weight is 342 g/mol. The molecule has 1 heterocycles. The molecule has 0 saturated heterocycles. The summed E-state index contributed by atoms with van der Waals surface area (Å²) in [6.07, 6.45) is 3.51. The molecule has 7 nitrogen and oxygen atoms in total. The molecule has 2 amide bonds. The Balaban J connectivity index is 2.28. The number of esters is 1. The molecule has 0 fully saturated rings. The molecule has 0 aliphatic heterocycles. The van der Waals surface area contributed by atoms with Gasteiger partial charge in [-0.15, -0.1) is 11.3 Å². The zero-order valence-electron chi connectivity index (χ0n) is 13.0. The lowest BCUT2D eigenvalue weighted by Crippen LogP contribution is -2.33. The quantitative estimate of drug-likeness (QED) is 0.261. The van der Waals surface area contributed by atoms with Gasteiger partial charge >= 0.3 is 5.97 Å². The van der Waals surface area contributed by atoms with Crippen molar-refractivity contribution in [2.75, 3.05) is 7.11 Å². The molecule has 0 aliphatic rings. The fraction of sp³-hybridized carbons (Fsp3) is 0.533. The Morgan fingerprint density at radius 2 is 1.83 bits per heavy atom. The van der Waals surface area contributed by atoms with Gasteiger partial charge in [0.2, 0.25) is 11.8 Å². The van der Waals surface area contributed by atoms with Crippen LogP contribution in [0.1, 0.15) is 49.4 Å². The van der Waals surface area contributed by atoms with Gasteiger partial charge in [0.05, 0.1) is 7.11 Å². The Morgan fingerprint density at radius 3 is 2.35 bits per heavy atom. The van der Waals surface area contributed by atoms with Crippen molar-refractivity contribution in [2.24, 2.45) is 0 Å². The van der Waals surface area contributed by atoms with Gasteiger partial charge in [-0.05, 0) is 24.3 Å². The van der Waals surface area contributed by atoms with Crippen LogP contribution in [-0.2, 0) is 19.1 Å². The molecule has 0 aromatic carbocycles. The Hall–Kier alpha value is -1.93. The van der Waals surface area contributed by atoms with Gasteiger partial charge in [0.15, 0.2) is 6.04 Å². The summed E-state index contributed by atoms with van der Waals surface area (Å²) in [5.41, 5.74) is 1.58. The highest BCUT2D eigenvalue weighted by atomic mass is 32.1. The molecular formula is C15H22N2O5S. The van der Waals surface area contributed by atoms with E-state index in [2.05, 4.69) is 5.32 Å². The third-order valence-electron chi connectivity index (χ3n) is 3.25. The highest BCUT2D eigenvalue weighted by Crippen LogP contribution is 2.20. The molecule has 1 aromatic rings. The Labute approximate surface area is 139 Å². The van der Waals surface area contributed by atoms with E-state index in [1.54, 1.807) is 11.5 Å². The van der Waals surface area contributed by atoms with Crippen molar-refractivity contribution in [1.82, 2.24) is 10.8 Å². The summed E-state index contributed by atoms with van der Waals surface area (Å²) in [4.78, 5) is 35.3. The smallest absolute Gasteiger partial charge is 0.333 e. The molecule has 0 aliphatic carbocycles. The molecule has 3 N–H and O–H groups in total. The summed E-state index contributed by atoms with van der Waals surface area (Å²) in [5.74, 6) is -1.10. The second-order valence-corrected chi connectivity index (χ2v) is 5.97. The number of unbranched alkanes of at least 4 members (excludes halogenated alkanes) is 3. The molecule has 8 heteroatoms. The number of rotatable bonds is 10. The highest BCUT2D eigenvalue weighted by Gasteiger charge is 2.24. The van der Waals surface area contributed by atoms with Crippen molar-refractivity contribution < 1.29 is 24.3 Å². The van der Waals surface area contributed by atoms with Gasteiger partial charge in [-0.2, -0.15) is 0 Å². The number of hydroxylamine groups is 1. The lowest BCUT2D eigenvalue weighted by Gasteiger charge is -2.15. The van der Waals surface area contributed by atoms with Crippen LogP contribution in [0.15, 0.2) is 17.5 Å². The van der Waals surface area contributed by atoms with E-state index in [9.17, 15) is 14.4 Å². The van der Waals surface area contributed by atoms with Crippen molar-refractivity contribution >= 4 is 29.1 Å². The summed E-state index contributed by atoms with van der Waals surface area (Å²) >= 11 is 1.38. The first-order valence-corrected chi connectivity index (χ1v) is 8.30. The zero-order valence-corrected chi connectivity index (χ0v) is 13.9. The first-order chi connectivity index (χ1) is 11.1. The number of ether oxygens (including phenoxy) is 1. The fourth-order valence-corrected chi connectivity index (χ4v) is 2.80. The van der Waals surface area contributed by atoms with Crippen LogP contribution in [-0.4, -0.2) is 30.1 Å². The average Bonchev–Trinajstić information content (AvgIpc) is 3.08. The molecule has 1 rings (SSSR count). The molecule has 1 aromatic heterocycles. The van der Waals surface area contributed by atoms with Crippen molar-refractivity contribution in [1.29, 1.82) is 0 Å². The minimum Gasteiger partial charge on any atom is -0.467 e. The standard InChI is InChI=1S/C15H22N2O5S/c1-22-15(20)14(11-7-6-10-23-11)16-12(18)8-4-2-3-5-9-13(19)17-21/h6-7,10,14,21H,2-5,8-9H2,1H3,(H,16,18)(H,17,19)/t14-/m0/s1. The molecule has 1 atom stereocenters. The maximum atomic E-state index is 11.9. The first-order valence-electron chi connectivity index (χ1n) is 7.42. The maximum Gasteiger partial charge on any atom is 0.333 e. The molecule has 0 unspecified atom stereocenters. The summed E-state index contributed by atoms with van der Waals surface area (Å²) in [6.45, 7) is 0. The van der Waals surface area contributed by atoms with E-state index in [0.717, 1.165) is 17.7 Å². The fourth-order valence-electron chi connectivity index (χ4n) is 2.03. The van der Waals surface area contributed by atoms with Crippen LogP contribution in [0.3, 0.4) is 0 Å². The predicted octanol–water partition coefficient (Wildman–Crippen LogP) is 1.92. The minimum absolute atomic E-state index is 0.207. The lowest BCUT2D eigenvalue weighted by atomic mass is 10.1. The van der Waals surface area contributed by atoms with Gasteiger partial charge in [0.25, 0.3) is 0 Å². The van der Waals surface area contributed by atoms with Crippen molar-refractivity contribution in [3.8, 4) is 0 Å². The van der Waals surface area contributed by atoms with Crippen LogP contribution in [0.4, 0.5) is 0 Å². The van der Waals surface area contributed by atoms with Crippen LogP contribution in [0.25, 0.3) is 0 Å². The van der Waals surface area contributed by atoms with E-state index in [0.29, 0.717) is 19.3 Å². The number of nitrogens with one attached hydrogen (secondary N) is 2. The second kappa shape index (κ2) is 10.7. The van der Waals surface area contributed by atoms with Gasteiger partial charge in [-0.3, -0.25) is 14.8 Å². The van der Waals surface area contributed by atoms with E-state index < -0.39 is 17.9 Å². The third kappa shape index (κ3) is 7.25. The lowest BCUT2D eigenvalue weighted by molar-refractivity contribution is -0.145. The topological polar surface area (TPSA) is 105 Å². The molecule has 0 bridgehead atoms. The molecule has 128 valence electrons. The van der Waals surface area contributed by atoms with Crippen LogP contribution in [0.5, 0.6) is 0 Å². The monoisotopic (exact) mass is 342 g/mol. The van der Waals surface area contributed by atoms with E-state index in [-0.39, 0.29) is 12.3 Å². The summed E-state index contributed by atoms with van der Waals surface area (Å²) in [7, 11) is 1.29. The number of hydrogen-bond donors (Lipinski definition) is 3. The number of carbonyl (C=O) groups is 3. The van der Waals surface area contributed by atoms with Gasteiger partial charge in [0, 0.05) is 17.7 Å². The van der Waals surface area contributed by atoms with E-state index in [1.807, 2.05) is 11.4 Å². The zero-order chi connectivity index (χ0) is 17.1. The number of thiophene rings is 1. The van der Waals surface area contributed by atoms with Gasteiger partial charge in [0.1, 0.15) is 0 Å². The number of carbonyl (C=O) groups excluding carboxylic acids is 3. The second-order valence-electron chi connectivity index (χ2n) is 4.99. The van der Waals surface area contributed by atoms with Crippen LogP contribution >= 0.6 is 11.3 Å². The summed E-state index contributed by atoms with van der Waals surface area (Å²) in [5, 5.41) is 12.9. The Morgan fingerprint density at radius 1 is 1.17 bits per heavy atom. The van der Waals surface area contributed by atoms with Gasteiger partial charge < -0.3 is 10.1 Å². The van der Waals surface area contributed by atoms with Gasteiger partial charge in [-0.25, -0.2) is 10.3 Å². The molecule has 23 heavy (non-hydrogen) atoms. The largest absolute Gasteiger partial charge is 0.467 e. The maximum absolute atomic E-state index is 11.9. The van der Waals surface area contributed by atoms with Crippen LogP contribution in [0.2, 0.25) is 0 Å². The van der Waals surface area contributed by atoms with Crippen molar-refractivity contribution in [2.45, 2.75) is 44.6 Å². The Kier molecular flexibility index (Phi) is 8.93. The predicted molar refractivity (Wildman–Crippen MR) is 84.8 cm³/mol. The number of methoxy groups -OCH3 is 1. The molecule has 0 spiro atoms. The number of amides is 2. The van der Waals surface area contributed by atoms with E-state index in [4.69, 9.17) is 9.94 Å². The SMILES string of the molecule is COC(=O)[C@@H](NC(=O)CCCCCCC(=O)NO)c1cccs1. The number of hydrogen-bond acceptors (Lipinski definition) is 6. The third-order valence-corrected chi connectivity index (χ3v) is 4.19. The molecular weight excluding hydrogens is 320 g/mol. The van der Waals surface area contributed by atoms with E-state index in [1.165, 1.54) is 18.4 Å². The summed E-state index contributed by atoms with van der Waals surface area (Å²) < 4.78 is 4.72. The first kappa shape index (κ1) is 19.1. The highest BCUT2D eigenvalue weighted by molar-refractivity contribution is 7.10. The molecule has 0 radical (unpaired) electrons. The summed E-state index contributed by atoms with van der Waals surface area (Å²) in [6, 6.07) is 2.82. The van der Waals surface area contributed by atoms with Crippen molar-refractivity contribution in [3.63, 3.8) is 0 Å². The van der Waals surface area contributed by atoms with E-state index >= 15 is 0 Å². The van der Waals surface area contributed by atoms with Crippen molar-refractivity contribution in [3.05, 3.63) is 22.4 Å². The van der Waals surface area contributed by atoms with Gasteiger partial charge in [-0.1, -0.05) is 18.9 Å². The van der Waals surface area contributed by atoms with Crippen LogP contribution in [0, 0.1) is 0 Å².